The van der Waals surface area contributed by atoms with Crippen molar-refractivity contribution in [2.75, 3.05) is 0 Å². The summed E-state index contributed by atoms with van der Waals surface area (Å²) in [4.78, 5) is 12.8. The summed E-state index contributed by atoms with van der Waals surface area (Å²) in [5.74, 6) is 1.60. The SMILES string of the molecule is C=C(C)C(=O)OC1(C2CC3CCC2[I-]3)c2ccccc2Oc2ccccc21. The predicted molar refractivity (Wildman–Crippen MR) is 99.6 cm³/mol. The fourth-order valence-corrected chi connectivity index (χ4v) is 9.69. The third-order valence-corrected chi connectivity index (χ3v) is 10.5. The average molecular weight is 473 g/mol. The van der Waals surface area contributed by atoms with Gasteiger partial charge in [-0.05, 0) is 0 Å². The van der Waals surface area contributed by atoms with Gasteiger partial charge in [-0.1, -0.05) is 0 Å². The van der Waals surface area contributed by atoms with Crippen LogP contribution < -0.4 is 25.9 Å². The van der Waals surface area contributed by atoms with Gasteiger partial charge in [0.05, 0.1) is 0 Å². The molecule has 27 heavy (non-hydrogen) atoms. The van der Waals surface area contributed by atoms with Crippen LogP contribution in [-0.4, -0.2) is 13.8 Å². The van der Waals surface area contributed by atoms with Crippen LogP contribution in [0.5, 0.6) is 11.5 Å². The standard InChI is InChI=1S/C23H22IO3/c1-14(2)22(25)27-23(18-13-15-11-12-19(18)24-15)16-7-3-5-9-20(16)26-21-10-6-4-8-17(21)23/h3-10,15,18-19H,1,11-13H2,2H3/q-1. The Hall–Kier alpha value is -1.82. The zero-order valence-corrected chi connectivity index (χ0v) is 17.4. The third kappa shape index (κ3) is 2.56. The van der Waals surface area contributed by atoms with Crippen LogP contribution in [0.15, 0.2) is 60.7 Å². The van der Waals surface area contributed by atoms with Crippen molar-refractivity contribution >= 4 is 5.97 Å². The molecule has 0 aliphatic carbocycles. The van der Waals surface area contributed by atoms with Crippen molar-refractivity contribution in [1.29, 1.82) is 0 Å². The minimum atomic E-state index is -0.777. The molecule has 2 aromatic carbocycles. The van der Waals surface area contributed by atoms with Gasteiger partial charge in [-0.3, -0.25) is 0 Å². The maximum atomic E-state index is 12.8. The van der Waals surface area contributed by atoms with E-state index in [9.17, 15) is 4.79 Å². The van der Waals surface area contributed by atoms with Gasteiger partial charge in [0, 0.05) is 0 Å². The Morgan fingerprint density at radius 3 is 2.26 bits per heavy atom. The van der Waals surface area contributed by atoms with Crippen molar-refractivity contribution in [3.8, 4) is 11.5 Å². The number of halogens is 1. The molecule has 0 saturated carbocycles. The molecule has 0 spiro atoms. The van der Waals surface area contributed by atoms with Crippen LogP contribution in [0.1, 0.15) is 37.3 Å². The molecule has 0 aromatic heterocycles. The van der Waals surface area contributed by atoms with Gasteiger partial charge in [0.25, 0.3) is 0 Å². The fraction of sp³-hybridized carbons (Fsp3) is 0.348. The van der Waals surface area contributed by atoms with E-state index in [1.807, 2.05) is 36.4 Å². The van der Waals surface area contributed by atoms with Crippen LogP contribution in [-0.2, 0) is 15.1 Å². The summed E-state index contributed by atoms with van der Waals surface area (Å²) < 4.78 is 14.2. The number of fused-ring (bicyclic) bond motifs is 4. The Morgan fingerprint density at radius 2 is 1.74 bits per heavy atom. The first kappa shape index (κ1) is 17.3. The van der Waals surface area contributed by atoms with E-state index in [1.54, 1.807) is 6.92 Å². The summed E-state index contributed by atoms with van der Waals surface area (Å²) in [5, 5.41) is 0. The minimum absolute atomic E-state index is 0.151. The van der Waals surface area contributed by atoms with E-state index < -0.39 is 5.60 Å². The number of ether oxygens (including phenoxy) is 2. The van der Waals surface area contributed by atoms with Gasteiger partial charge in [0.15, 0.2) is 0 Å². The molecule has 3 nitrogen and oxygen atoms in total. The first-order valence-corrected chi connectivity index (χ1v) is 12.0. The van der Waals surface area contributed by atoms with Crippen molar-refractivity contribution in [2.45, 2.75) is 39.6 Å². The number of carbonyl (C=O) groups excluding carboxylic acids is 1. The number of rotatable bonds is 3. The third-order valence-electron chi connectivity index (χ3n) is 5.96. The predicted octanol–water partition coefficient (Wildman–Crippen LogP) is 1.80. The molecule has 3 atom stereocenters. The molecule has 0 amide bonds. The van der Waals surface area contributed by atoms with Gasteiger partial charge in [0.1, 0.15) is 0 Å². The summed E-state index contributed by atoms with van der Waals surface area (Å²) >= 11 is 0.151. The monoisotopic (exact) mass is 473 g/mol. The normalized spacial score (nSPS) is 26.9. The van der Waals surface area contributed by atoms with Crippen molar-refractivity contribution < 1.29 is 35.5 Å². The molecule has 2 saturated heterocycles. The molecule has 3 aliphatic rings. The molecule has 5 rings (SSSR count). The van der Waals surface area contributed by atoms with E-state index in [4.69, 9.17) is 9.47 Å². The van der Waals surface area contributed by atoms with E-state index in [1.165, 1.54) is 12.8 Å². The quantitative estimate of drug-likeness (QED) is 0.295. The molecular weight excluding hydrogens is 451 g/mol. The number of hydrogen-bond donors (Lipinski definition) is 0. The first-order chi connectivity index (χ1) is 13.1. The van der Waals surface area contributed by atoms with Gasteiger partial charge < -0.3 is 0 Å². The first-order valence-electron chi connectivity index (χ1n) is 9.47. The Kier molecular flexibility index (Phi) is 4.08. The van der Waals surface area contributed by atoms with Gasteiger partial charge in [-0.25, -0.2) is 0 Å². The van der Waals surface area contributed by atoms with Gasteiger partial charge in [0.2, 0.25) is 0 Å². The van der Waals surface area contributed by atoms with E-state index in [2.05, 4.69) is 18.7 Å². The molecule has 4 heteroatoms. The van der Waals surface area contributed by atoms with Crippen LogP contribution in [0.4, 0.5) is 0 Å². The van der Waals surface area contributed by atoms with Crippen LogP contribution in [0.3, 0.4) is 0 Å². The van der Waals surface area contributed by atoms with Crippen LogP contribution in [0.25, 0.3) is 0 Å². The number of esters is 1. The van der Waals surface area contributed by atoms with Gasteiger partial charge in [-0.2, -0.15) is 0 Å². The summed E-state index contributed by atoms with van der Waals surface area (Å²) in [6.45, 7) is 5.56. The van der Waals surface area contributed by atoms with Crippen LogP contribution in [0, 0.1) is 5.92 Å². The van der Waals surface area contributed by atoms with Crippen molar-refractivity contribution in [2.24, 2.45) is 5.92 Å². The molecule has 3 heterocycles. The maximum absolute atomic E-state index is 12.8. The van der Waals surface area contributed by atoms with Crippen LogP contribution in [0.2, 0.25) is 0 Å². The van der Waals surface area contributed by atoms with Crippen molar-refractivity contribution in [3.05, 3.63) is 71.8 Å². The van der Waals surface area contributed by atoms with E-state index >= 15 is 0 Å². The summed E-state index contributed by atoms with van der Waals surface area (Å²) in [6.07, 6.45) is 3.75. The zero-order valence-electron chi connectivity index (χ0n) is 15.3. The van der Waals surface area contributed by atoms with Gasteiger partial charge in [-0.15, -0.1) is 0 Å². The molecule has 2 aromatic rings. The molecule has 3 unspecified atom stereocenters. The van der Waals surface area contributed by atoms with E-state index in [0.717, 1.165) is 33.0 Å². The molecule has 2 fully saturated rings. The van der Waals surface area contributed by atoms with Crippen molar-refractivity contribution in [1.82, 2.24) is 0 Å². The zero-order chi connectivity index (χ0) is 18.6. The Balaban J connectivity index is 1.77. The molecule has 0 radical (unpaired) electrons. The van der Waals surface area contributed by atoms with Gasteiger partial charge >= 0.3 is 170 Å². The Labute approximate surface area is 170 Å². The number of para-hydroxylation sites is 2. The second-order valence-corrected chi connectivity index (χ2v) is 11.7. The second-order valence-electron chi connectivity index (χ2n) is 7.66. The average Bonchev–Trinajstić information content (AvgIpc) is 3.31. The van der Waals surface area contributed by atoms with Crippen molar-refractivity contribution in [3.63, 3.8) is 0 Å². The number of carbonyl (C=O) groups is 1. The molecule has 3 aliphatic heterocycles. The van der Waals surface area contributed by atoms with Crippen LogP contribution >= 0.6 is 0 Å². The molecule has 0 N–H and O–H groups in total. The summed E-state index contributed by atoms with van der Waals surface area (Å²) in [6, 6.07) is 16.1. The molecular formula is C23H22IO3-. The Bertz CT molecular complexity index is 889. The van der Waals surface area contributed by atoms with E-state index in [0.29, 0.717) is 15.4 Å². The van der Waals surface area contributed by atoms with E-state index in [-0.39, 0.29) is 27.2 Å². The summed E-state index contributed by atoms with van der Waals surface area (Å²) in [5.41, 5.74) is 1.63. The molecule has 2 bridgehead atoms. The summed E-state index contributed by atoms with van der Waals surface area (Å²) in [7, 11) is 0. The fourth-order valence-electron chi connectivity index (χ4n) is 4.80. The number of hydrogen-bond acceptors (Lipinski definition) is 3. The number of benzene rings is 2. The Morgan fingerprint density at radius 1 is 1.11 bits per heavy atom. The molecule has 140 valence electrons. The second kappa shape index (κ2) is 6.36. The number of alkyl halides is 2. The topological polar surface area (TPSA) is 35.5 Å².